The molecule has 2 aromatic heterocycles. The number of fused-ring (bicyclic) bond motifs is 1. The highest BCUT2D eigenvalue weighted by molar-refractivity contribution is 5.94. The Bertz CT molecular complexity index is 946. The SMILES string of the molecule is CC(C)NC(=O)N1CC[C@H](c2nnc3ccc(C(=O)N4CCC(N(C)C)CC4)cn23)C1. The van der Waals surface area contributed by atoms with Gasteiger partial charge in [0.2, 0.25) is 0 Å². The Labute approximate surface area is 183 Å². The Kier molecular flexibility index (Phi) is 6.13. The van der Waals surface area contributed by atoms with Gasteiger partial charge in [-0.1, -0.05) is 0 Å². The number of hydrogen-bond donors (Lipinski definition) is 1. The summed E-state index contributed by atoms with van der Waals surface area (Å²) in [4.78, 5) is 31.5. The van der Waals surface area contributed by atoms with Crippen molar-refractivity contribution in [1.29, 1.82) is 0 Å². The highest BCUT2D eigenvalue weighted by atomic mass is 16.2. The van der Waals surface area contributed by atoms with Gasteiger partial charge in [0.1, 0.15) is 5.82 Å². The number of aromatic nitrogens is 3. The van der Waals surface area contributed by atoms with Gasteiger partial charge in [-0.05, 0) is 59.3 Å². The normalized spacial score (nSPS) is 20.3. The molecule has 0 saturated carbocycles. The van der Waals surface area contributed by atoms with Gasteiger partial charge >= 0.3 is 6.03 Å². The number of nitrogens with one attached hydrogen (secondary N) is 1. The zero-order valence-electron chi connectivity index (χ0n) is 18.9. The molecule has 0 aromatic carbocycles. The highest BCUT2D eigenvalue weighted by Gasteiger charge is 2.31. The van der Waals surface area contributed by atoms with Crippen LogP contribution in [0.25, 0.3) is 5.65 Å². The van der Waals surface area contributed by atoms with Crippen LogP contribution in [0.1, 0.15) is 55.2 Å². The predicted octanol–water partition coefficient (Wildman–Crippen LogP) is 1.80. The third-order valence-corrected chi connectivity index (χ3v) is 6.41. The first-order valence-electron chi connectivity index (χ1n) is 11.2. The van der Waals surface area contributed by atoms with Gasteiger partial charge in [0.15, 0.2) is 5.65 Å². The number of carbonyl (C=O) groups is 2. The predicted molar refractivity (Wildman–Crippen MR) is 118 cm³/mol. The van der Waals surface area contributed by atoms with E-state index in [1.165, 1.54) is 0 Å². The molecule has 2 saturated heterocycles. The zero-order chi connectivity index (χ0) is 22.1. The van der Waals surface area contributed by atoms with Crippen molar-refractivity contribution in [3.8, 4) is 0 Å². The lowest BCUT2D eigenvalue weighted by Crippen LogP contribution is -2.44. The average Bonchev–Trinajstić information content (AvgIpc) is 3.39. The monoisotopic (exact) mass is 427 g/mol. The molecule has 2 aliphatic heterocycles. The quantitative estimate of drug-likeness (QED) is 0.804. The second-order valence-corrected chi connectivity index (χ2v) is 9.23. The summed E-state index contributed by atoms with van der Waals surface area (Å²) >= 11 is 0. The maximum atomic E-state index is 13.1. The number of rotatable bonds is 4. The molecule has 3 amide bonds. The molecular weight excluding hydrogens is 394 g/mol. The van der Waals surface area contributed by atoms with E-state index in [9.17, 15) is 9.59 Å². The second-order valence-electron chi connectivity index (χ2n) is 9.23. The fourth-order valence-electron chi connectivity index (χ4n) is 4.58. The van der Waals surface area contributed by atoms with Crippen LogP contribution < -0.4 is 5.32 Å². The zero-order valence-corrected chi connectivity index (χ0v) is 18.9. The fourth-order valence-corrected chi connectivity index (χ4v) is 4.58. The number of urea groups is 1. The van der Waals surface area contributed by atoms with Crippen LogP contribution in [0, 0.1) is 0 Å². The Morgan fingerprint density at radius 2 is 1.77 bits per heavy atom. The summed E-state index contributed by atoms with van der Waals surface area (Å²) < 4.78 is 1.92. The fraction of sp³-hybridized carbons (Fsp3) is 0.636. The molecule has 168 valence electrons. The number of piperidine rings is 1. The number of nitrogens with zero attached hydrogens (tertiary/aromatic N) is 6. The first-order valence-corrected chi connectivity index (χ1v) is 11.2. The molecule has 2 aliphatic rings. The van der Waals surface area contributed by atoms with Crippen LogP contribution in [0.3, 0.4) is 0 Å². The molecule has 1 atom stereocenters. The minimum atomic E-state index is -0.0386. The van der Waals surface area contributed by atoms with Gasteiger partial charge < -0.3 is 20.0 Å². The second kappa shape index (κ2) is 8.82. The Balaban J connectivity index is 1.48. The van der Waals surface area contributed by atoms with Gasteiger partial charge in [0, 0.05) is 50.4 Å². The molecule has 0 spiro atoms. The van der Waals surface area contributed by atoms with Crippen molar-refractivity contribution in [2.75, 3.05) is 40.3 Å². The molecule has 4 heterocycles. The number of pyridine rings is 1. The summed E-state index contributed by atoms with van der Waals surface area (Å²) in [5.41, 5.74) is 1.38. The molecule has 0 radical (unpaired) electrons. The lowest BCUT2D eigenvalue weighted by Gasteiger charge is -2.35. The van der Waals surface area contributed by atoms with Crippen molar-refractivity contribution in [3.63, 3.8) is 0 Å². The smallest absolute Gasteiger partial charge is 0.317 e. The van der Waals surface area contributed by atoms with E-state index in [0.717, 1.165) is 43.8 Å². The van der Waals surface area contributed by atoms with Crippen LogP contribution in [0.5, 0.6) is 0 Å². The standard InChI is InChI=1S/C22H33N7O2/c1-15(2)23-22(31)28-10-7-16(13-28)20-25-24-19-6-5-17(14-29(19)20)21(30)27-11-8-18(9-12-27)26(3)4/h5-6,14-16,18H,7-13H2,1-4H3,(H,23,31)/t16-/m0/s1. The van der Waals surface area contributed by atoms with Crippen molar-refractivity contribution in [3.05, 3.63) is 29.7 Å². The molecule has 4 rings (SSSR count). The van der Waals surface area contributed by atoms with Gasteiger partial charge in [-0.25, -0.2) is 4.79 Å². The van der Waals surface area contributed by atoms with E-state index >= 15 is 0 Å². The number of amides is 3. The number of likely N-dealkylation sites (tertiary alicyclic amines) is 2. The first kappa shape index (κ1) is 21.5. The van der Waals surface area contributed by atoms with E-state index in [4.69, 9.17) is 0 Å². The van der Waals surface area contributed by atoms with Crippen LogP contribution in [0.15, 0.2) is 18.3 Å². The van der Waals surface area contributed by atoms with E-state index in [2.05, 4.69) is 34.5 Å². The van der Waals surface area contributed by atoms with E-state index in [-0.39, 0.29) is 23.9 Å². The van der Waals surface area contributed by atoms with Crippen molar-refractivity contribution in [2.24, 2.45) is 0 Å². The number of hydrogen-bond acceptors (Lipinski definition) is 5. The highest BCUT2D eigenvalue weighted by Crippen LogP contribution is 2.27. The van der Waals surface area contributed by atoms with Crippen molar-refractivity contribution >= 4 is 17.6 Å². The van der Waals surface area contributed by atoms with Crippen LogP contribution in [0.2, 0.25) is 0 Å². The Hall–Kier alpha value is -2.68. The van der Waals surface area contributed by atoms with Crippen LogP contribution in [0.4, 0.5) is 4.79 Å². The molecule has 9 nitrogen and oxygen atoms in total. The Morgan fingerprint density at radius 3 is 2.45 bits per heavy atom. The van der Waals surface area contributed by atoms with Gasteiger partial charge in [-0.15, -0.1) is 10.2 Å². The van der Waals surface area contributed by atoms with E-state index < -0.39 is 0 Å². The summed E-state index contributed by atoms with van der Waals surface area (Å²) in [6.07, 6.45) is 4.69. The summed E-state index contributed by atoms with van der Waals surface area (Å²) in [6.45, 7) is 6.76. The minimum Gasteiger partial charge on any atom is -0.338 e. The molecule has 9 heteroatoms. The average molecular weight is 428 g/mol. The first-order chi connectivity index (χ1) is 14.8. The molecule has 0 unspecified atom stereocenters. The maximum absolute atomic E-state index is 13.1. The van der Waals surface area contributed by atoms with Gasteiger partial charge in [0.05, 0.1) is 5.56 Å². The lowest BCUT2D eigenvalue weighted by atomic mass is 10.0. The molecule has 0 bridgehead atoms. The van der Waals surface area contributed by atoms with Crippen LogP contribution >= 0.6 is 0 Å². The Morgan fingerprint density at radius 1 is 1.06 bits per heavy atom. The van der Waals surface area contributed by atoms with Crippen LogP contribution in [-0.4, -0.2) is 93.6 Å². The molecular formula is C22H33N7O2. The topological polar surface area (TPSA) is 86.1 Å². The summed E-state index contributed by atoms with van der Waals surface area (Å²) in [6, 6.07) is 4.30. The molecule has 2 fully saturated rings. The molecule has 1 N–H and O–H groups in total. The van der Waals surface area contributed by atoms with E-state index in [0.29, 0.717) is 24.7 Å². The maximum Gasteiger partial charge on any atom is 0.317 e. The van der Waals surface area contributed by atoms with Gasteiger partial charge in [-0.3, -0.25) is 9.20 Å². The third kappa shape index (κ3) is 4.51. The minimum absolute atomic E-state index is 0.0386. The summed E-state index contributed by atoms with van der Waals surface area (Å²) in [7, 11) is 4.19. The van der Waals surface area contributed by atoms with E-state index in [1.807, 2.05) is 46.4 Å². The molecule has 2 aromatic rings. The van der Waals surface area contributed by atoms with Gasteiger partial charge in [-0.2, -0.15) is 0 Å². The largest absolute Gasteiger partial charge is 0.338 e. The third-order valence-electron chi connectivity index (χ3n) is 6.41. The molecule has 0 aliphatic carbocycles. The van der Waals surface area contributed by atoms with Crippen molar-refractivity contribution in [2.45, 2.75) is 51.1 Å². The van der Waals surface area contributed by atoms with Crippen molar-refractivity contribution in [1.82, 2.24) is 34.6 Å². The molecule has 31 heavy (non-hydrogen) atoms. The lowest BCUT2D eigenvalue weighted by molar-refractivity contribution is 0.0663. The van der Waals surface area contributed by atoms with E-state index in [1.54, 1.807) is 0 Å². The summed E-state index contributed by atoms with van der Waals surface area (Å²) in [5, 5.41) is 11.6. The van der Waals surface area contributed by atoms with Crippen molar-refractivity contribution < 1.29 is 9.59 Å². The number of carbonyl (C=O) groups excluding carboxylic acids is 2. The van der Waals surface area contributed by atoms with Crippen LogP contribution in [-0.2, 0) is 0 Å². The van der Waals surface area contributed by atoms with Gasteiger partial charge in [0.25, 0.3) is 5.91 Å². The summed E-state index contributed by atoms with van der Waals surface area (Å²) in [5.74, 6) is 0.980.